The summed E-state index contributed by atoms with van der Waals surface area (Å²) >= 11 is 1.67. The zero-order chi connectivity index (χ0) is 17.1. The van der Waals surface area contributed by atoms with Crippen LogP contribution in [0.25, 0.3) is 0 Å². The molecule has 0 atom stereocenters. The summed E-state index contributed by atoms with van der Waals surface area (Å²) in [6.45, 7) is 0.408. The molecule has 2 aromatic heterocycles. The Morgan fingerprint density at radius 1 is 1.12 bits per heavy atom. The molecule has 0 N–H and O–H groups in total. The van der Waals surface area contributed by atoms with Crippen molar-refractivity contribution in [3.63, 3.8) is 0 Å². The molecule has 128 valence electrons. The zero-order valence-electron chi connectivity index (χ0n) is 14.1. The van der Waals surface area contributed by atoms with Gasteiger partial charge in [0.25, 0.3) is 0 Å². The van der Waals surface area contributed by atoms with Gasteiger partial charge < -0.3 is 9.30 Å². The smallest absolute Gasteiger partial charge is 0.191 e. The Labute approximate surface area is 151 Å². The Morgan fingerprint density at radius 3 is 2.76 bits per heavy atom. The maximum Gasteiger partial charge on any atom is 0.191 e. The Balaban J connectivity index is 1.40. The van der Waals surface area contributed by atoms with E-state index in [0.29, 0.717) is 12.5 Å². The van der Waals surface area contributed by atoms with Crippen molar-refractivity contribution in [2.24, 2.45) is 7.05 Å². The van der Waals surface area contributed by atoms with Crippen LogP contribution in [0.5, 0.6) is 5.75 Å². The number of benzene rings is 1. The van der Waals surface area contributed by atoms with E-state index in [2.05, 4.69) is 21.2 Å². The standard InChI is InChI=1S/C19H20N4OS/c1-23-18(12-24-15-6-3-2-4-7-15)21-22-19(23)25-13-17-16(14-9-10-14)8-5-11-20-17/h2-8,11,14H,9-10,12-13H2,1H3. The van der Waals surface area contributed by atoms with Crippen molar-refractivity contribution in [1.82, 2.24) is 19.7 Å². The summed E-state index contributed by atoms with van der Waals surface area (Å²) in [5.74, 6) is 3.17. The van der Waals surface area contributed by atoms with Crippen molar-refractivity contribution in [2.75, 3.05) is 0 Å². The molecule has 0 amide bonds. The second kappa shape index (κ2) is 7.27. The molecule has 1 aromatic carbocycles. The average molecular weight is 352 g/mol. The molecule has 0 spiro atoms. The lowest BCUT2D eigenvalue weighted by molar-refractivity contribution is 0.290. The Kier molecular flexibility index (Phi) is 4.70. The molecule has 1 aliphatic rings. The molecule has 0 aliphatic heterocycles. The predicted octanol–water partition coefficient (Wildman–Crippen LogP) is 3.96. The van der Waals surface area contributed by atoms with Crippen LogP contribution in [0.4, 0.5) is 0 Å². The lowest BCUT2D eigenvalue weighted by atomic mass is 10.1. The van der Waals surface area contributed by atoms with Crippen molar-refractivity contribution < 1.29 is 4.74 Å². The molecular weight excluding hydrogens is 332 g/mol. The summed E-state index contributed by atoms with van der Waals surface area (Å²) in [6.07, 6.45) is 4.44. The van der Waals surface area contributed by atoms with Gasteiger partial charge in [0.1, 0.15) is 12.4 Å². The summed E-state index contributed by atoms with van der Waals surface area (Å²) < 4.78 is 7.76. The maximum absolute atomic E-state index is 5.76. The fourth-order valence-electron chi connectivity index (χ4n) is 2.73. The number of para-hydroxylation sites is 1. The average Bonchev–Trinajstić information content (AvgIpc) is 3.44. The van der Waals surface area contributed by atoms with Crippen LogP contribution in [-0.2, 0) is 19.4 Å². The Hall–Kier alpha value is -2.34. The number of ether oxygens (including phenoxy) is 1. The normalized spacial score (nSPS) is 13.8. The number of thioether (sulfide) groups is 1. The highest BCUT2D eigenvalue weighted by atomic mass is 32.2. The van der Waals surface area contributed by atoms with E-state index in [1.807, 2.05) is 54.2 Å². The van der Waals surface area contributed by atoms with Crippen LogP contribution < -0.4 is 4.74 Å². The highest BCUT2D eigenvalue weighted by Crippen LogP contribution is 2.42. The van der Waals surface area contributed by atoms with Crippen LogP contribution in [0, 0.1) is 0 Å². The summed E-state index contributed by atoms with van der Waals surface area (Å²) in [6, 6.07) is 14.0. The minimum absolute atomic E-state index is 0.408. The van der Waals surface area contributed by atoms with Crippen molar-refractivity contribution in [3.8, 4) is 5.75 Å². The third-order valence-corrected chi connectivity index (χ3v) is 5.35. The van der Waals surface area contributed by atoms with Crippen LogP contribution in [-0.4, -0.2) is 19.7 Å². The Morgan fingerprint density at radius 2 is 1.96 bits per heavy atom. The highest BCUT2D eigenvalue weighted by Gasteiger charge is 2.26. The maximum atomic E-state index is 5.76. The van der Waals surface area contributed by atoms with Gasteiger partial charge in [0.2, 0.25) is 0 Å². The number of pyridine rings is 1. The summed E-state index contributed by atoms with van der Waals surface area (Å²) in [5.41, 5.74) is 2.56. The van der Waals surface area contributed by atoms with Crippen LogP contribution in [0.15, 0.2) is 53.8 Å². The van der Waals surface area contributed by atoms with Gasteiger partial charge in [-0.05, 0) is 42.5 Å². The van der Waals surface area contributed by atoms with E-state index < -0.39 is 0 Å². The third kappa shape index (κ3) is 3.85. The summed E-state index contributed by atoms with van der Waals surface area (Å²) in [5, 5.41) is 9.45. The first kappa shape index (κ1) is 16.1. The number of rotatable bonds is 7. The quantitative estimate of drug-likeness (QED) is 0.603. The lowest BCUT2D eigenvalue weighted by Crippen LogP contribution is -2.04. The molecule has 5 nitrogen and oxygen atoms in total. The molecule has 1 saturated carbocycles. The van der Waals surface area contributed by atoms with Crippen LogP contribution in [0.3, 0.4) is 0 Å². The largest absolute Gasteiger partial charge is 0.486 e. The van der Waals surface area contributed by atoms with Gasteiger partial charge in [0.05, 0.1) is 5.69 Å². The fraction of sp³-hybridized carbons (Fsp3) is 0.316. The lowest BCUT2D eigenvalue weighted by Gasteiger charge is -2.08. The van der Waals surface area contributed by atoms with Gasteiger partial charge in [0.15, 0.2) is 11.0 Å². The van der Waals surface area contributed by atoms with E-state index in [1.165, 1.54) is 24.1 Å². The number of aromatic nitrogens is 4. The van der Waals surface area contributed by atoms with E-state index in [-0.39, 0.29) is 0 Å². The third-order valence-electron chi connectivity index (χ3n) is 4.32. The van der Waals surface area contributed by atoms with Crippen LogP contribution >= 0.6 is 11.8 Å². The SMILES string of the molecule is Cn1c(COc2ccccc2)nnc1SCc1ncccc1C1CC1. The number of nitrogens with zero attached hydrogens (tertiary/aromatic N) is 4. The molecule has 0 saturated heterocycles. The van der Waals surface area contributed by atoms with Gasteiger partial charge in [-0.15, -0.1) is 10.2 Å². The van der Waals surface area contributed by atoms with Gasteiger partial charge in [-0.2, -0.15) is 0 Å². The van der Waals surface area contributed by atoms with E-state index in [4.69, 9.17) is 4.74 Å². The molecule has 3 aromatic rings. The van der Waals surface area contributed by atoms with Gasteiger partial charge >= 0.3 is 0 Å². The van der Waals surface area contributed by atoms with Crippen molar-refractivity contribution >= 4 is 11.8 Å². The predicted molar refractivity (Wildman–Crippen MR) is 97.6 cm³/mol. The molecule has 1 aliphatic carbocycles. The van der Waals surface area contributed by atoms with Crippen molar-refractivity contribution in [2.45, 2.75) is 36.3 Å². The van der Waals surface area contributed by atoms with Crippen molar-refractivity contribution in [1.29, 1.82) is 0 Å². The minimum Gasteiger partial charge on any atom is -0.486 e. The first-order valence-electron chi connectivity index (χ1n) is 8.44. The van der Waals surface area contributed by atoms with Gasteiger partial charge in [-0.1, -0.05) is 36.0 Å². The van der Waals surface area contributed by atoms with E-state index in [1.54, 1.807) is 11.8 Å². The molecule has 0 radical (unpaired) electrons. The first-order valence-corrected chi connectivity index (χ1v) is 9.42. The van der Waals surface area contributed by atoms with E-state index in [9.17, 15) is 0 Å². The fourth-order valence-corrected chi connectivity index (χ4v) is 3.64. The van der Waals surface area contributed by atoms with Crippen LogP contribution in [0.1, 0.15) is 35.8 Å². The van der Waals surface area contributed by atoms with Crippen molar-refractivity contribution in [3.05, 3.63) is 65.7 Å². The van der Waals surface area contributed by atoms with Crippen LogP contribution in [0.2, 0.25) is 0 Å². The molecule has 1 fully saturated rings. The zero-order valence-corrected chi connectivity index (χ0v) is 14.9. The minimum atomic E-state index is 0.408. The topological polar surface area (TPSA) is 52.8 Å². The molecular formula is C19H20N4OS. The monoisotopic (exact) mass is 352 g/mol. The Bertz CT molecular complexity index is 846. The molecule has 25 heavy (non-hydrogen) atoms. The molecule has 6 heteroatoms. The van der Waals surface area contributed by atoms with Gasteiger partial charge in [0, 0.05) is 19.0 Å². The first-order chi connectivity index (χ1) is 12.3. The van der Waals surface area contributed by atoms with E-state index >= 15 is 0 Å². The number of hydrogen-bond acceptors (Lipinski definition) is 5. The highest BCUT2D eigenvalue weighted by molar-refractivity contribution is 7.98. The molecule has 0 bridgehead atoms. The second-order valence-electron chi connectivity index (χ2n) is 6.16. The summed E-state index contributed by atoms with van der Waals surface area (Å²) in [7, 11) is 1.98. The molecule has 4 rings (SSSR count). The van der Waals surface area contributed by atoms with E-state index in [0.717, 1.165) is 22.5 Å². The number of hydrogen-bond donors (Lipinski definition) is 0. The molecule has 0 unspecified atom stereocenters. The van der Waals surface area contributed by atoms with Gasteiger partial charge in [-0.25, -0.2) is 0 Å². The van der Waals surface area contributed by atoms with Gasteiger partial charge in [-0.3, -0.25) is 4.98 Å². The molecule has 2 heterocycles. The summed E-state index contributed by atoms with van der Waals surface area (Å²) in [4.78, 5) is 4.56. The second-order valence-corrected chi connectivity index (χ2v) is 7.10.